The van der Waals surface area contributed by atoms with E-state index >= 15 is 0 Å². The minimum Gasteiger partial charge on any atom is -0.345 e. The molecule has 1 heterocycles. The Balaban J connectivity index is 1.65. The third-order valence-electron chi connectivity index (χ3n) is 5.47. The predicted octanol–water partition coefficient (Wildman–Crippen LogP) is 5.81. The number of aromatic nitrogens is 2. The molecule has 4 nitrogen and oxygen atoms in total. The minimum atomic E-state index is -0.401. The highest BCUT2D eigenvalue weighted by molar-refractivity contribution is 6.35. The monoisotopic (exact) mass is 441 g/mol. The summed E-state index contributed by atoms with van der Waals surface area (Å²) in [4.78, 5) is 13.3. The summed E-state index contributed by atoms with van der Waals surface area (Å²) in [7, 11) is 0. The van der Waals surface area contributed by atoms with Crippen LogP contribution in [0.3, 0.4) is 0 Å². The number of benzene rings is 2. The Hall–Kier alpha value is -2.30. The van der Waals surface area contributed by atoms with Gasteiger partial charge in [0.15, 0.2) is 5.69 Å². The van der Waals surface area contributed by atoms with Crippen molar-refractivity contribution in [2.75, 3.05) is 0 Å². The maximum absolute atomic E-state index is 13.3. The van der Waals surface area contributed by atoms with Crippen LogP contribution in [0, 0.1) is 0 Å². The summed E-state index contributed by atoms with van der Waals surface area (Å²) in [5.74, 6) is -0.141. The molecule has 0 atom stereocenters. The molecule has 1 amide bonds. The number of nitrogens with zero attached hydrogens (tertiary/aromatic N) is 2. The van der Waals surface area contributed by atoms with Crippen LogP contribution < -0.4 is 5.32 Å². The van der Waals surface area contributed by atoms with Crippen molar-refractivity contribution in [2.24, 2.45) is 0 Å². The second-order valence-electron chi connectivity index (χ2n) is 8.49. The first-order valence-electron chi connectivity index (χ1n) is 10.3. The van der Waals surface area contributed by atoms with Gasteiger partial charge in [-0.3, -0.25) is 4.79 Å². The molecule has 0 saturated heterocycles. The van der Waals surface area contributed by atoms with E-state index in [0.717, 1.165) is 49.0 Å². The Bertz CT molecular complexity index is 1070. The van der Waals surface area contributed by atoms with Gasteiger partial charge in [0.25, 0.3) is 5.91 Å². The second kappa shape index (κ2) is 8.44. The van der Waals surface area contributed by atoms with Gasteiger partial charge in [-0.2, -0.15) is 5.10 Å². The molecule has 156 valence electrons. The van der Waals surface area contributed by atoms with Gasteiger partial charge in [0, 0.05) is 21.8 Å². The highest BCUT2D eigenvalue weighted by Gasteiger charge is 2.29. The zero-order valence-corrected chi connectivity index (χ0v) is 18.7. The molecule has 1 aliphatic rings. The van der Waals surface area contributed by atoms with Gasteiger partial charge in [0.05, 0.1) is 10.7 Å². The smallest absolute Gasteiger partial charge is 0.272 e. The van der Waals surface area contributed by atoms with Crippen molar-refractivity contribution in [1.29, 1.82) is 0 Å². The van der Waals surface area contributed by atoms with Crippen LogP contribution in [-0.2, 0) is 19.3 Å². The number of nitrogens with one attached hydrogen (secondary N) is 1. The van der Waals surface area contributed by atoms with Crippen molar-refractivity contribution in [3.63, 3.8) is 0 Å². The summed E-state index contributed by atoms with van der Waals surface area (Å²) in [6.45, 7) is 4.08. The first-order chi connectivity index (χ1) is 14.3. The molecule has 30 heavy (non-hydrogen) atoms. The molecule has 0 bridgehead atoms. The third-order valence-corrected chi connectivity index (χ3v) is 6.01. The average Bonchev–Trinajstić information content (AvgIpc) is 3.08. The van der Waals surface area contributed by atoms with Gasteiger partial charge in [0.1, 0.15) is 0 Å². The van der Waals surface area contributed by atoms with Crippen molar-refractivity contribution < 1.29 is 4.79 Å². The van der Waals surface area contributed by atoms with Crippen LogP contribution in [-0.4, -0.2) is 21.2 Å². The maximum atomic E-state index is 13.3. The number of carbonyl (C=O) groups excluding carboxylic acids is 1. The zero-order valence-electron chi connectivity index (χ0n) is 17.2. The van der Waals surface area contributed by atoms with Crippen LogP contribution in [0.1, 0.15) is 54.0 Å². The Morgan fingerprint density at radius 3 is 2.57 bits per heavy atom. The van der Waals surface area contributed by atoms with Gasteiger partial charge < -0.3 is 5.32 Å². The first kappa shape index (κ1) is 21.0. The standard InChI is InChI=1S/C24H25Cl2N3O/c1-24(2,15-16-8-4-3-5-9-16)27-23(30)22-18-10-6-7-11-20(18)29(28-22)21-13-12-17(25)14-19(21)26/h3-5,8-9,12-14H,6-7,10-11,15H2,1-2H3,(H,27,30). The molecule has 1 N–H and O–H groups in total. The van der Waals surface area contributed by atoms with Crippen LogP contribution in [0.5, 0.6) is 0 Å². The average molecular weight is 442 g/mol. The predicted molar refractivity (Wildman–Crippen MR) is 122 cm³/mol. The topological polar surface area (TPSA) is 46.9 Å². The number of halogens is 2. The fourth-order valence-electron chi connectivity index (χ4n) is 4.15. The van der Waals surface area contributed by atoms with E-state index in [-0.39, 0.29) is 5.91 Å². The molecule has 4 rings (SSSR count). The van der Waals surface area contributed by atoms with E-state index < -0.39 is 5.54 Å². The van der Waals surface area contributed by atoms with Crippen molar-refractivity contribution in [2.45, 2.75) is 51.5 Å². The van der Waals surface area contributed by atoms with E-state index in [1.165, 1.54) is 5.56 Å². The van der Waals surface area contributed by atoms with Gasteiger partial charge in [-0.05, 0) is 69.7 Å². The molecule has 1 aromatic heterocycles. The molecular formula is C24H25Cl2N3O. The molecule has 0 saturated carbocycles. The lowest BCUT2D eigenvalue weighted by atomic mass is 9.93. The van der Waals surface area contributed by atoms with Gasteiger partial charge in [-0.25, -0.2) is 4.68 Å². The summed E-state index contributed by atoms with van der Waals surface area (Å²) >= 11 is 12.5. The Morgan fingerprint density at radius 1 is 1.10 bits per heavy atom. The Labute approximate surface area is 187 Å². The lowest BCUT2D eigenvalue weighted by Gasteiger charge is -2.26. The van der Waals surface area contributed by atoms with Gasteiger partial charge in [-0.1, -0.05) is 53.5 Å². The fourth-order valence-corrected chi connectivity index (χ4v) is 4.64. The highest BCUT2D eigenvalue weighted by atomic mass is 35.5. The van der Waals surface area contributed by atoms with E-state index in [1.54, 1.807) is 12.1 Å². The van der Waals surface area contributed by atoms with E-state index in [2.05, 4.69) is 17.4 Å². The largest absolute Gasteiger partial charge is 0.345 e. The molecule has 0 unspecified atom stereocenters. The number of hydrogen-bond donors (Lipinski definition) is 1. The molecule has 0 fully saturated rings. The Kier molecular flexibility index (Phi) is 5.90. The highest BCUT2D eigenvalue weighted by Crippen LogP contribution is 2.31. The number of carbonyl (C=O) groups is 1. The molecule has 3 aromatic rings. The fraction of sp³-hybridized carbons (Fsp3) is 0.333. The summed E-state index contributed by atoms with van der Waals surface area (Å²) < 4.78 is 1.83. The van der Waals surface area contributed by atoms with Gasteiger partial charge in [0.2, 0.25) is 0 Å². The normalized spacial score (nSPS) is 13.7. The quantitative estimate of drug-likeness (QED) is 0.542. The van der Waals surface area contributed by atoms with Gasteiger partial charge >= 0.3 is 0 Å². The third kappa shape index (κ3) is 4.40. The number of hydrogen-bond acceptors (Lipinski definition) is 2. The van der Waals surface area contributed by atoms with Crippen molar-refractivity contribution >= 4 is 29.1 Å². The molecule has 0 radical (unpaired) electrons. The second-order valence-corrected chi connectivity index (χ2v) is 9.33. The molecular weight excluding hydrogens is 417 g/mol. The summed E-state index contributed by atoms with van der Waals surface area (Å²) in [5, 5.41) is 9.01. The molecule has 0 aliphatic heterocycles. The number of rotatable bonds is 5. The molecule has 2 aromatic carbocycles. The molecule has 0 spiro atoms. The van der Waals surface area contributed by atoms with Crippen molar-refractivity contribution in [1.82, 2.24) is 15.1 Å². The zero-order chi connectivity index (χ0) is 21.3. The van der Waals surface area contributed by atoms with Crippen LogP contribution >= 0.6 is 23.2 Å². The van der Waals surface area contributed by atoms with E-state index in [9.17, 15) is 4.79 Å². The lowest BCUT2D eigenvalue weighted by molar-refractivity contribution is 0.0906. The summed E-state index contributed by atoms with van der Waals surface area (Å²) in [6.07, 6.45) is 4.60. The number of fused-ring (bicyclic) bond motifs is 1. The van der Waals surface area contributed by atoms with Crippen molar-refractivity contribution in [3.05, 3.63) is 81.1 Å². The van der Waals surface area contributed by atoms with E-state index in [4.69, 9.17) is 28.3 Å². The summed E-state index contributed by atoms with van der Waals surface area (Å²) in [6, 6.07) is 15.5. The van der Waals surface area contributed by atoms with Crippen molar-refractivity contribution in [3.8, 4) is 5.69 Å². The summed E-state index contributed by atoms with van der Waals surface area (Å²) in [5.41, 5.74) is 4.13. The molecule has 6 heteroatoms. The SMILES string of the molecule is CC(C)(Cc1ccccc1)NC(=O)c1nn(-c2ccc(Cl)cc2Cl)c2c1CCCC2. The minimum absolute atomic E-state index is 0.141. The first-order valence-corrected chi connectivity index (χ1v) is 11.0. The number of amides is 1. The van der Waals surface area contributed by atoms with Crippen LogP contribution in [0.25, 0.3) is 5.69 Å². The van der Waals surface area contributed by atoms with Crippen LogP contribution in [0.15, 0.2) is 48.5 Å². The van der Waals surface area contributed by atoms with E-state index in [1.807, 2.05) is 42.8 Å². The van der Waals surface area contributed by atoms with Gasteiger partial charge in [-0.15, -0.1) is 0 Å². The van der Waals surface area contributed by atoms with Crippen LogP contribution in [0.2, 0.25) is 10.0 Å². The Morgan fingerprint density at radius 2 is 1.83 bits per heavy atom. The van der Waals surface area contributed by atoms with E-state index in [0.29, 0.717) is 15.7 Å². The lowest BCUT2D eigenvalue weighted by Crippen LogP contribution is -2.45. The maximum Gasteiger partial charge on any atom is 0.272 e. The van der Waals surface area contributed by atoms with Crippen LogP contribution in [0.4, 0.5) is 0 Å². The molecule has 1 aliphatic carbocycles.